The zero-order valence-corrected chi connectivity index (χ0v) is 23.2. The van der Waals surface area contributed by atoms with Crippen molar-refractivity contribution in [3.05, 3.63) is 108 Å². The van der Waals surface area contributed by atoms with E-state index >= 15 is 0 Å². The third-order valence-electron chi connectivity index (χ3n) is 6.60. The van der Waals surface area contributed by atoms with Gasteiger partial charge in [0.15, 0.2) is 11.0 Å². The van der Waals surface area contributed by atoms with Gasteiger partial charge in [-0.15, -0.1) is 10.2 Å². The van der Waals surface area contributed by atoms with Crippen LogP contribution in [-0.2, 0) is 11.3 Å². The lowest BCUT2D eigenvalue weighted by atomic mass is 10.1. The van der Waals surface area contributed by atoms with E-state index in [-0.39, 0.29) is 11.7 Å². The molecule has 0 spiro atoms. The first-order valence-electron chi connectivity index (χ1n) is 12.8. The molecule has 0 unspecified atom stereocenters. The molecule has 0 bridgehead atoms. The maximum Gasteiger partial charge on any atom is 0.250 e. The van der Waals surface area contributed by atoms with E-state index in [9.17, 15) is 4.79 Å². The number of rotatable bonds is 8. The summed E-state index contributed by atoms with van der Waals surface area (Å²) in [5.41, 5.74) is 7.72. The second kappa shape index (κ2) is 11.4. The van der Waals surface area contributed by atoms with Crippen LogP contribution in [0.5, 0.6) is 0 Å². The Labute approximate surface area is 240 Å². The summed E-state index contributed by atoms with van der Waals surface area (Å²) in [6, 6.07) is 31.9. The number of halogens is 1. The highest BCUT2D eigenvalue weighted by Gasteiger charge is 2.17. The van der Waals surface area contributed by atoms with Crippen molar-refractivity contribution in [2.45, 2.75) is 18.6 Å². The number of para-hydroxylation sites is 2. The highest BCUT2D eigenvalue weighted by Crippen LogP contribution is 2.30. The fraction of sp³-hybridized carbons (Fsp3) is 0.0968. The van der Waals surface area contributed by atoms with Gasteiger partial charge in [0.2, 0.25) is 0 Å². The van der Waals surface area contributed by atoms with E-state index in [0.717, 1.165) is 23.4 Å². The zero-order chi connectivity index (χ0) is 27.5. The molecule has 9 heteroatoms. The van der Waals surface area contributed by atoms with Gasteiger partial charge in [0, 0.05) is 44.6 Å². The first kappa shape index (κ1) is 25.9. The van der Waals surface area contributed by atoms with E-state index in [1.807, 2.05) is 65.2 Å². The third-order valence-corrected chi connectivity index (χ3v) is 7.78. The molecule has 0 aliphatic rings. The van der Waals surface area contributed by atoms with E-state index < -0.39 is 0 Å². The topological polar surface area (TPSA) is 77.1 Å². The minimum Gasteiger partial charge on any atom is -0.341 e. The molecule has 0 aliphatic heterocycles. The van der Waals surface area contributed by atoms with Crippen LogP contribution in [0.1, 0.15) is 12.5 Å². The number of hydrazone groups is 1. The van der Waals surface area contributed by atoms with Gasteiger partial charge in [-0.3, -0.25) is 9.36 Å². The number of nitrogens with zero attached hydrogens (tertiary/aromatic N) is 5. The highest BCUT2D eigenvalue weighted by molar-refractivity contribution is 7.99. The van der Waals surface area contributed by atoms with Crippen molar-refractivity contribution in [1.82, 2.24) is 24.8 Å². The van der Waals surface area contributed by atoms with Crippen LogP contribution in [0, 0.1) is 0 Å². The normalized spacial score (nSPS) is 11.6. The summed E-state index contributed by atoms with van der Waals surface area (Å²) in [7, 11) is 0. The van der Waals surface area contributed by atoms with Gasteiger partial charge in [-0.1, -0.05) is 65.8 Å². The number of aromatic nitrogens is 4. The molecule has 2 aromatic heterocycles. The number of nitrogens with one attached hydrogen (secondary N) is 1. The Kier molecular flexibility index (Phi) is 7.35. The van der Waals surface area contributed by atoms with Crippen molar-refractivity contribution < 1.29 is 4.79 Å². The van der Waals surface area contributed by atoms with Crippen molar-refractivity contribution in [2.75, 3.05) is 5.75 Å². The predicted molar refractivity (Wildman–Crippen MR) is 163 cm³/mol. The molecular weight excluding hydrogens is 540 g/mol. The molecule has 7 nitrogen and oxygen atoms in total. The number of aryl methyl sites for hydroxylation is 1. The number of carbonyl (C=O) groups is 1. The molecule has 4 aromatic carbocycles. The van der Waals surface area contributed by atoms with Crippen LogP contribution >= 0.6 is 23.4 Å². The van der Waals surface area contributed by atoms with Gasteiger partial charge in [0.1, 0.15) is 0 Å². The maximum absolute atomic E-state index is 12.7. The van der Waals surface area contributed by atoms with Gasteiger partial charge in [-0.2, -0.15) is 5.10 Å². The van der Waals surface area contributed by atoms with Crippen molar-refractivity contribution in [2.24, 2.45) is 5.10 Å². The fourth-order valence-electron chi connectivity index (χ4n) is 4.79. The van der Waals surface area contributed by atoms with E-state index in [0.29, 0.717) is 16.0 Å². The molecule has 0 atom stereocenters. The van der Waals surface area contributed by atoms with Gasteiger partial charge in [0.25, 0.3) is 5.91 Å². The van der Waals surface area contributed by atoms with Crippen LogP contribution in [0.3, 0.4) is 0 Å². The van der Waals surface area contributed by atoms with Crippen molar-refractivity contribution in [3.63, 3.8) is 0 Å². The van der Waals surface area contributed by atoms with Gasteiger partial charge in [-0.05, 0) is 67.1 Å². The number of benzene rings is 4. The van der Waals surface area contributed by atoms with Gasteiger partial charge < -0.3 is 4.57 Å². The Hall–Kier alpha value is -4.40. The second-order valence-corrected chi connectivity index (χ2v) is 10.5. The third kappa shape index (κ3) is 5.11. The van der Waals surface area contributed by atoms with Crippen molar-refractivity contribution in [3.8, 4) is 17.1 Å². The number of fused-ring (bicyclic) bond motifs is 3. The van der Waals surface area contributed by atoms with Gasteiger partial charge in [-0.25, -0.2) is 5.43 Å². The lowest BCUT2D eigenvalue weighted by Crippen LogP contribution is -2.20. The fourth-order valence-corrected chi connectivity index (χ4v) is 5.66. The number of carbonyl (C=O) groups excluding carboxylic acids is 1. The Morgan fingerprint density at radius 2 is 1.68 bits per heavy atom. The smallest absolute Gasteiger partial charge is 0.250 e. The van der Waals surface area contributed by atoms with E-state index in [1.165, 1.54) is 33.6 Å². The number of hydrogen-bond donors (Lipinski definition) is 1. The Morgan fingerprint density at radius 1 is 0.925 bits per heavy atom. The largest absolute Gasteiger partial charge is 0.341 e. The summed E-state index contributed by atoms with van der Waals surface area (Å²) in [4.78, 5) is 12.7. The summed E-state index contributed by atoms with van der Waals surface area (Å²) in [6.45, 7) is 3.04. The molecule has 0 aliphatic carbocycles. The summed E-state index contributed by atoms with van der Waals surface area (Å²) in [5, 5.41) is 16.6. The molecule has 6 rings (SSSR count). The maximum atomic E-state index is 12.7. The van der Waals surface area contributed by atoms with Crippen LogP contribution in [0.25, 0.3) is 38.9 Å². The molecule has 6 aromatic rings. The lowest BCUT2D eigenvalue weighted by molar-refractivity contribution is -0.118. The Morgan fingerprint density at radius 3 is 2.48 bits per heavy atom. The number of amides is 1. The van der Waals surface area contributed by atoms with Crippen molar-refractivity contribution in [1.29, 1.82) is 0 Å². The van der Waals surface area contributed by atoms with Gasteiger partial charge >= 0.3 is 0 Å². The monoisotopic (exact) mass is 564 g/mol. The lowest BCUT2D eigenvalue weighted by Gasteiger charge is -2.10. The minimum absolute atomic E-state index is 0.131. The average molecular weight is 565 g/mol. The van der Waals surface area contributed by atoms with E-state index in [1.54, 1.807) is 6.21 Å². The predicted octanol–water partition coefficient (Wildman–Crippen LogP) is 6.96. The molecule has 0 radical (unpaired) electrons. The second-order valence-electron chi connectivity index (χ2n) is 9.10. The summed E-state index contributed by atoms with van der Waals surface area (Å²) in [6.07, 6.45) is 1.67. The summed E-state index contributed by atoms with van der Waals surface area (Å²) in [5.74, 6) is 0.565. The molecule has 0 fully saturated rings. The van der Waals surface area contributed by atoms with Crippen molar-refractivity contribution >= 4 is 57.3 Å². The van der Waals surface area contributed by atoms with Crippen LogP contribution in [0.2, 0.25) is 5.02 Å². The van der Waals surface area contributed by atoms with E-state index in [4.69, 9.17) is 11.6 Å². The van der Waals surface area contributed by atoms with E-state index in [2.05, 4.69) is 68.6 Å². The number of hydrogen-bond acceptors (Lipinski definition) is 5. The van der Waals surface area contributed by atoms with Gasteiger partial charge in [0.05, 0.1) is 12.0 Å². The summed E-state index contributed by atoms with van der Waals surface area (Å²) >= 11 is 7.38. The van der Waals surface area contributed by atoms with Crippen LogP contribution < -0.4 is 5.43 Å². The molecule has 0 saturated heterocycles. The zero-order valence-electron chi connectivity index (χ0n) is 21.7. The molecule has 1 amide bonds. The molecule has 0 saturated carbocycles. The molecule has 1 N–H and O–H groups in total. The SMILES string of the molecule is CCn1c2ccccc2c2cc(C=NNC(=O)CSc3nnc(-c4ccc(Cl)cc4)n3-c3ccccc3)ccc21. The van der Waals surface area contributed by atoms with Crippen LogP contribution in [0.15, 0.2) is 107 Å². The standard InChI is InChI=1S/C31H25ClN6OS/c1-2-37-27-11-7-6-10-25(27)26-18-21(12-17-28(26)37)19-33-34-29(39)20-40-31-36-35-30(22-13-15-23(32)16-14-22)38(31)24-8-4-3-5-9-24/h3-19H,2,20H2,1H3,(H,34,39). The Balaban J connectivity index is 1.17. The minimum atomic E-state index is -0.236. The van der Waals surface area contributed by atoms with Crippen LogP contribution in [-0.4, -0.2) is 37.2 Å². The summed E-state index contributed by atoms with van der Waals surface area (Å²) < 4.78 is 4.24. The van der Waals surface area contributed by atoms with Crippen LogP contribution in [0.4, 0.5) is 0 Å². The first-order valence-corrected chi connectivity index (χ1v) is 14.2. The highest BCUT2D eigenvalue weighted by atomic mass is 35.5. The molecule has 198 valence electrons. The quantitative estimate of drug-likeness (QED) is 0.123. The molecular formula is C31H25ClN6OS. The average Bonchev–Trinajstić information content (AvgIpc) is 3.56. The first-order chi connectivity index (χ1) is 19.6. The Bertz CT molecular complexity index is 1840. The number of thioether (sulfide) groups is 1. The molecule has 40 heavy (non-hydrogen) atoms. The molecule has 2 heterocycles.